The number of benzene rings is 1. The maximum Gasteiger partial charge on any atom is 0.255 e. The fourth-order valence-electron chi connectivity index (χ4n) is 4.29. The molecule has 1 aliphatic heterocycles. The van der Waals surface area contributed by atoms with Crippen molar-refractivity contribution >= 4 is 5.91 Å². The topological polar surface area (TPSA) is 147 Å². The van der Waals surface area contributed by atoms with E-state index >= 15 is 0 Å². The van der Waals surface area contributed by atoms with Crippen LogP contribution in [-0.4, -0.2) is 74.3 Å². The Hall–Kier alpha value is -4.39. The van der Waals surface area contributed by atoms with Crippen LogP contribution in [-0.2, 0) is 0 Å². The molecule has 3 heterocycles. The lowest BCUT2D eigenvalue weighted by Crippen LogP contribution is -2.54. The van der Waals surface area contributed by atoms with E-state index < -0.39 is 0 Å². The van der Waals surface area contributed by atoms with Crippen LogP contribution in [0.25, 0.3) is 27.4 Å². The number of carbonyl (C=O) groups is 1. The molecule has 1 amide bonds. The maximum atomic E-state index is 13.0. The molecule has 1 N–H and O–H groups in total. The molecule has 1 aromatic carbocycles. The highest BCUT2D eigenvalue weighted by molar-refractivity contribution is 5.94. The molecule has 0 aliphatic carbocycles. The average molecular weight is 472 g/mol. The quantitative estimate of drug-likeness (QED) is 0.331. The van der Waals surface area contributed by atoms with Crippen LogP contribution >= 0.6 is 0 Å². The first-order chi connectivity index (χ1) is 16.9. The lowest BCUT2D eigenvalue weighted by molar-refractivity contribution is 0.0522. The summed E-state index contributed by atoms with van der Waals surface area (Å²) in [6.45, 7) is 6.85. The van der Waals surface area contributed by atoms with Crippen molar-refractivity contribution in [2.75, 3.05) is 32.7 Å². The van der Waals surface area contributed by atoms with Crippen LogP contribution in [0.5, 0.6) is 5.88 Å². The van der Waals surface area contributed by atoms with Gasteiger partial charge in [-0.2, -0.15) is 15.0 Å². The minimum Gasteiger partial charge on any atom is -0.493 e. The minimum absolute atomic E-state index is 0.0740. The van der Waals surface area contributed by atoms with Crippen molar-refractivity contribution < 1.29 is 9.90 Å². The fraction of sp³-hybridized carbons (Fsp3) is 0.333. The summed E-state index contributed by atoms with van der Waals surface area (Å²) >= 11 is 0. The van der Waals surface area contributed by atoms with Gasteiger partial charge in [0.15, 0.2) is 5.82 Å². The zero-order chi connectivity index (χ0) is 24.9. The summed E-state index contributed by atoms with van der Waals surface area (Å²) in [7, 11) is 0. The van der Waals surface area contributed by atoms with Crippen molar-refractivity contribution in [1.29, 1.82) is 5.26 Å². The summed E-state index contributed by atoms with van der Waals surface area (Å²) in [6.07, 6.45) is 3.04. The monoisotopic (exact) mass is 471 g/mol. The van der Waals surface area contributed by atoms with Crippen LogP contribution in [0.15, 0.2) is 47.8 Å². The van der Waals surface area contributed by atoms with Gasteiger partial charge in [-0.05, 0) is 54.8 Å². The van der Waals surface area contributed by atoms with Crippen molar-refractivity contribution in [3.05, 3.63) is 69.9 Å². The molecule has 11 heteroatoms. The first-order valence-corrected chi connectivity index (χ1v) is 11.2. The number of piperazine rings is 1. The zero-order valence-corrected chi connectivity index (χ0v) is 19.5. The molecule has 0 radical (unpaired) electrons. The fourth-order valence-corrected chi connectivity index (χ4v) is 4.29. The highest BCUT2D eigenvalue weighted by atomic mass is 16.3. The molecular weight excluding hydrogens is 446 g/mol. The second kappa shape index (κ2) is 10.3. The number of azide groups is 1. The molecule has 1 aliphatic rings. The van der Waals surface area contributed by atoms with E-state index in [1.54, 1.807) is 41.4 Å². The van der Waals surface area contributed by atoms with Gasteiger partial charge in [0.1, 0.15) is 0 Å². The van der Waals surface area contributed by atoms with Gasteiger partial charge in [0, 0.05) is 49.9 Å². The molecule has 11 nitrogen and oxygen atoms in total. The minimum atomic E-state index is -0.107. The lowest BCUT2D eigenvalue weighted by atomic mass is 10.0. The third-order valence-electron chi connectivity index (χ3n) is 6.20. The van der Waals surface area contributed by atoms with Crippen molar-refractivity contribution in [2.45, 2.75) is 19.9 Å². The molecule has 1 saturated heterocycles. The molecule has 0 spiro atoms. The lowest BCUT2D eigenvalue weighted by Gasteiger charge is -2.39. The molecule has 0 saturated carbocycles. The largest absolute Gasteiger partial charge is 0.493 e. The van der Waals surface area contributed by atoms with E-state index in [-0.39, 0.29) is 17.8 Å². The van der Waals surface area contributed by atoms with E-state index in [1.165, 1.54) is 10.9 Å². The molecule has 4 rings (SSSR count). The predicted octanol–water partition coefficient (Wildman–Crippen LogP) is 3.28. The van der Waals surface area contributed by atoms with E-state index in [0.717, 1.165) is 11.1 Å². The molecule has 178 valence electrons. The van der Waals surface area contributed by atoms with Crippen molar-refractivity contribution in [2.24, 2.45) is 5.11 Å². The van der Waals surface area contributed by atoms with E-state index in [9.17, 15) is 9.90 Å². The Morgan fingerprint density at radius 3 is 2.77 bits per heavy atom. The van der Waals surface area contributed by atoms with Gasteiger partial charge in [-0.15, -0.1) is 0 Å². The summed E-state index contributed by atoms with van der Waals surface area (Å²) in [4.78, 5) is 24.2. The second-order valence-electron chi connectivity index (χ2n) is 8.43. The molecule has 35 heavy (non-hydrogen) atoms. The van der Waals surface area contributed by atoms with Gasteiger partial charge in [0.25, 0.3) is 5.91 Å². The smallest absolute Gasteiger partial charge is 0.255 e. The SMILES string of the molecule is Cc1cc(C#N)ccc1-c1cnn(-c2ccc(C(=O)N3CCN(CCN=[N+]=[N-])[C@@H](C)C3)cn2)c1O. The van der Waals surface area contributed by atoms with Gasteiger partial charge in [-0.1, -0.05) is 11.2 Å². The Morgan fingerprint density at radius 1 is 1.29 bits per heavy atom. The molecule has 1 atom stereocenters. The van der Waals surface area contributed by atoms with Crippen LogP contribution in [0.4, 0.5) is 0 Å². The molecule has 3 aromatic rings. The van der Waals surface area contributed by atoms with Crippen LogP contribution in [0.3, 0.4) is 0 Å². The number of nitrogens with zero attached hydrogens (tertiary/aromatic N) is 9. The first kappa shape index (κ1) is 23.8. The number of aryl methyl sites for hydroxylation is 1. The molecule has 0 bridgehead atoms. The van der Waals surface area contributed by atoms with Crippen LogP contribution < -0.4 is 0 Å². The molecule has 0 unspecified atom stereocenters. The van der Waals surface area contributed by atoms with E-state index in [2.05, 4.69) is 31.1 Å². The van der Waals surface area contributed by atoms with Gasteiger partial charge in [-0.3, -0.25) is 9.69 Å². The van der Waals surface area contributed by atoms with E-state index in [4.69, 9.17) is 10.8 Å². The highest BCUT2D eigenvalue weighted by Crippen LogP contribution is 2.33. The van der Waals surface area contributed by atoms with Crippen molar-refractivity contribution in [1.82, 2.24) is 24.6 Å². The number of amides is 1. The maximum absolute atomic E-state index is 13.0. The number of pyridine rings is 1. The number of carbonyl (C=O) groups excluding carboxylic acids is 1. The van der Waals surface area contributed by atoms with Gasteiger partial charge in [-0.25, -0.2) is 4.98 Å². The summed E-state index contributed by atoms with van der Waals surface area (Å²) in [5.41, 5.74) is 11.6. The van der Waals surface area contributed by atoms with Gasteiger partial charge in [0.2, 0.25) is 5.88 Å². The van der Waals surface area contributed by atoms with Crippen LogP contribution in [0, 0.1) is 18.3 Å². The standard InChI is InChI=1S/C24H25N9O2/c1-16-11-18(12-25)3-5-20(16)21-14-29-33(24(21)35)22-6-4-19(13-27-22)23(34)32-10-9-31(17(2)15-32)8-7-28-30-26/h3-6,11,13-14,17,35H,7-10,15H2,1-2H3/t17-/m0/s1. The molecule has 2 aromatic heterocycles. The molecular formula is C24H25N9O2. The van der Waals surface area contributed by atoms with Gasteiger partial charge < -0.3 is 10.0 Å². The Morgan fingerprint density at radius 2 is 2.11 bits per heavy atom. The number of aromatic nitrogens is 3. The summed E-state index contributed by atoms with van der Waals surface area (Å²) < 4.78 is 1.31. The zero-order valence-electron chi connectivity index (χ0n) is 19.5. The van der Waals surface area contributed by atoms with E-state index in [1.807, 2.05) is 13.8 Å². The van der Waals surface area contributed by atoms with Gasteiger partial charge in [0.05, 0.1) is 29.0 Å². The Kier molecular flexibility index (Phi) is 6.96. The summed E-state index contributed by atoms with van der Waals surface area (Å²) in [5.74, 6) is 0.201. The van der Waals surface area contributed by atoms with Crippen LogP contribution in [0.2, 0.25) is 0 Å². The van der Waals surface area contributed by atoms with E-state index in [0.29, 0.717) is 55.2 Å². The van der Waals surface area contributed by atoms with Crippen molar-refractivity contribution in [3.8, 4) is 28.9 Å². The number of hydrogen-bond acceptors (Lipinski definition) is 7. The Bertz CT molecular complexity index is 1320. The Balaban J connectivity index is 1.47. The average Bonchev–Trinajstić information content (AvgIpc) is 3.25. The Labute approximate surface area is 202 Å². The number of rotatable bonds is 6. The third kappa shape index (κ3) is 4.94. The summed E-state index contributed by atoms with van der Waals surface area (Å²) in [5, 5.41) is 27.7. The van der Waals surface area contributed by atoms with Crippen molar-refractivity contribution in [3.63, 3.8) is 0 Å². The third-order valence-corrected chi connectivity index (χ3v) is 6.20. The normalized spacial score (nSPS) is 15.9. The van der Waals surface area contributed by atoms with Crippen LogP contribution in [0.1, 0.15) is 28.4 Å². The number of nitriles is 1. The van der Waals surface area contributed by atoms with Gasteiger partial charge >= 0.3 is 0 Å². The summed E-state index contributed by atoms with van der Waals surface area (Å²) in [6, 6.07) is 10.8. The molecule has 1 fully saturated rings. The number of aromatic hydroxyl groups is 1. The second-order valence-corrected chi connectivity index (χ2v) is 8.43. The first-order valence-electron chi connectivity index (χ1n) is 11.2. The number of hydrogen-bond donors (Lipinski definition) is 1. The highest BCUT2D eigenvalue weighted by Gasteiger charge is 2.27. The predicted molar refractivity (Wildman–Crippen MR) is 129 cm³/mol.